The average molecular weight is 334 g/mol. The van der Waals surface area contributed by atoms with E-state index in [9.17, 15) is 4.79 Å². The molecular weight excluding hydrogens is 314 g/mol. The molecule has 0 saturated heterocycles. The Labute approximate surface area is 140 Å². The van der Waals surface area contributed by atoms with Crippen molar-refractivity contribution in [2.24, 2.45) is 0 Å². The Balaban J connectivity index is 1.94. The standard InChI is InChI=1S/C17H20ClN3O2/c1-17(2,23-3)16-20-13-8-11(9-19-15(22)14(13)21-16)10-4-6-12(18)7-5-10/h4-7,11H,8-9H2,1-3H3,(H,19,22)(H,20,21)/t11-/m1/s1. The van der Waals surface area contributed by atoms with Crippen molar-refractivity contribution in [1.29, 1.82) is 0 Å². The zero-order valence-corrected chi connectivity index (χ0v) is 14.2. The van der Waals surface area contributed by atoms with Gasteiger partial charge in [0, 0.05) is 30.3 Å². The number of carbonyl (C=O) groups is 1. The van der Waals surface area contributed by atoms with Crippen molar-refractivity contribution in [2.75, 3.05) is 13.7 Å². The molecule has 0 radical (unpaired) electrons. The number of nitrogens with one attached hydrogen (secondary N) is 2. The number of ether oxygens (including phenoxy) is 1. The van der Waals surface area contributed by atoms with Gasteiger partial charge in [0.1, 0.15) is 17.1 Å². The van der Waals surface area contributed by atoms with Gasteiger partial charge in [-0.25, -0.2) is 4.98 Å². The van der Waals surface area contributed by atoms with Crippen molar-refractivity contribution < 1.29 is 9.53 Å². The average Bonchev–Trinajstić information content (AvgIpc) is 2.90. The number of carbonyl (C=O) groups excluding carboxylic acids is 1. The molecule has 0 aliphatic carbocycles. The predicted octanol–water partition coefficient (Wildman–Crippen LogP) is 3.01. The lowest BCUT2D eigenvalue weighted by Gasteiger charge is -2.20. The summed E-state index contributed by atoms with van der Waals surface area (Å²) in [6.45, 7) is 4.41. The minimum atomic E-state index is -0.567. The Morgan fingerprint density at radius 2 is 2.00 bits per heavy atom. The number of H-pyrrole nitrogens is 1. The van der Waals surface area contributed by atoms with Crippen molar-refractivity contribution in [3.05, 3.63) is 52.1 Å². The number of hydrogen-bond acceptors (Lipinski definition) is 3. The van der Waals surface area contributed by atoms with E-state index in [1.165, 1.54) is 0 Å². The highest BCUT2D eigenvalue weighted by Crippen LogP contribution is 2.28. The van der Waals surface area contributed by atoms with Gasteiger partial charge in [0.25, 0.3) is 5.91 Å². The van der Waals surface area contributed by atoms with E-state index in [-0.39, 0.29) is 11.8 Å². The fourth-order valence-electron chi connectivity index (χ4n) is 2.72. The van der Waals surface area contributed by atoms with Crippen molar-refractivity contribution in [3.63, 3.8) is 0 Å². The van der Waals surface area contributed by atoms with Crippen LogP contribution in [0.5, 0.6) is 0 Å². The largest absolute Gasteiger partial charge is 0.371 e. The Morgan fingerprint density at radius 1 is 1.30 bits per heavy atom. The number of amides is 1. The van der Waals surface area contributed by atoms with Crippen LogP contribution in [0.25, 0.3) is 0 Å². The molecule has 2 N–H and O–H groups in total. The molecule has 0 saturated carbocycles. The van der Waals surface area contributed by atoms with Crippen LogP contribution >= 0.6 is 11.6 Å². The van der Waals surface area contributed by atoms with E-state index in [2.05, 4.69) is 15.3 Å². The fourth-order valence-corrected chi connectivity index (χ4v) is 2.84. The lowest BCUT2D eigenvalue weighted by Crippen LogP contribution is -2.27. The van der Waals surface area contributed by atoms with E-state index in [0.717, 1.165) is 11.3 Å². The molecule has 0 fully saturated rings. The summed E-state index contributed by atoms with van der Waals surface area (Å²) in [7, 11) is 1.63. The van der Waals surface area contributed by atoms with Gasteiger partial charge in [-0.15, -0.1) is 0 Å². The molecule has 1 amide bonds. The molecule has 1 aromatic heterocycles. The van der Waals surface area contributed by atoms with Gasteiger partial charge in [-0.1, -0.05) is 23.7 Å². The number of imidazole rings is 1. The third-order valence-corrected chi connectivity index (χ3v) is 4.63. The molecule has 0 unspecified atom stereocenters. The van der Waals surface area contributed by atoms with Crippen LogP contribution in [-0.2, 0) is 16.8 Å². The van der Waals surface area contributed by atoms with Crippen LogP contribution in [0, 0.1) is 0 Å². The Morgan fingerprint density at radius 3 is 2.65 bits per heavy atom. The number of aromatic amines is 1. The first-order valence-corrected chi connectivity index (χ1v) is 7.96. The zero-order valence-electron chi connectivity index (χ0n) is 13.4. The van der Waals surface area contributed by atoms with Crippen molar-refractivity contribution in [3.8, 4) is 0 Å². The van der Waals surface area contributed by atoms with Crippen LogP contribution in [0.1, 0.15) is 47.3 Å². The molecule has 0 bridgehead atoms. The highest BCUT2D eigenvalue weighted by Gasteiger charge is 2.31. The Hall–Kier alpha value is -1.85. The van der Waals surface area contributed by atoms with Gasteiger partial charge in [-0.2, -0.15) is 0 Å². The number of rotatable bonds is 3. The molecule has 122 valence electrons. The number of hydrogen-bond donors (Lipinski definition) is 2. The van der Waals surface area contributed by atoms with Gasteiger partial charge in [-0.3, -0.25) is 4.79 Å². The number of nitrogens with zero attached hydrogens (tertiary/aromatic N) is 1. The molecule has 1 atom stereocenters. The summed E-state index contributed by atoms with van der Waals surface area (Å²) < 4.78 is 5.45. The van der Waals surface area contributed by atoms with Crippen LogP contribution < -0.4 is 5.32 Å². The lowest BCUT2D eigenvalue weighted by atomic mass is 9.94. The first kappa shape index (κ1) is 16.0. The van der Waals surface area contributed by atoms with Crippen molar-refractivity contribution in [1.82, 2.24) is 15.3 Å². The van der Waals surface area contributed by atoms with Gasteiger partial charge in [0.15, 0.2) is 0 Å². The molecule has 3 rings (SSSR count). The smallest absolute Gasteiger partial charge is 0.271 e. The topological polar surface area (TPSA) is 67.0 Å². The molecule has 1 aromatic carbocycles. The maximum Gasteiger partial charge on any atom is 0.271 e. The summed E-state index contributed by atoms with van der Waals surface area (Å²) in [6.07, 6.45) is 0.711. The fraction of sp³-hybridized carbons (Fsp3) is 0.412. The second-order valence-electron chi connectivity index (χ2n) is 6.29. The molecule has 5 nitrogen and oxygen atoms in total. The predicted molar refractivity (Wildman–Crippen MR) is 88.9 cm³/mol. The SMILES string of the molecule is COC(C)(C)c1nc2c([nH]1)C[C@@H](c1ccc(Cl)cc1)CNC2=O. The quantitative estimate of drug-likeness (QED) is 0.907. The van der Waals surface area contributed by atoms with Gasteiger partial charge >= 0.3 is 0 Å². The van der Waals surface area contributed by atoms with E-state index in [4.69, 9.17) is 16.3 Å². The summed E-state index contributed by atoms with van der Waals surface area (Å²) in [5, 5.41) is 3.66. The summed E-state index contributed by atoms with van der Waals surface area (Å²) >= 11 is 5.96. The van der Waals surface area contributed by atoms with Crippen LogP contribution in [-0.4, -0.2) is 29.5 Å². The molecule has 2 heterocycles. The van der Waals surface area contributed by atoms with E-state index < -0.39 is 5.60 Å². The highest BCUT2D eigenvalue weighted by atomic mass is 35.5. The third-order valence-electron chi connectivity index (χ3n) is 4.38. The second kappa shape index (κ2) is 5.98. The maximum absolute atomic E-state index is 12.3. The summed E-state index contributed by atoms with van der Waals surface area (Å²) in [4.78, 5) is 20.1. The minimum Gasteiger partial charge on any atom is -0.371 e. The van der Waals surface area contributed by atoms with Crippen molar-refractivity contribution in [2.45, 2.75) is 31.8 Å². The number of aromatic nitrogens is 2. The lowest BCUT2D eigenvalue weighted by molar-refractivity contribution is 0.0120. The Bertz CT molecular complexity index is 722. The number of fused-ring (bicyclic) bond motifs is 1. The molecule has 6 heteroatoms. The minimum absolute atomic E-state index is 0.147. The van der Waals surface area contributed by atoms with Crippen LogP contribution in [0.2, 0.25) is 5.02 Å². The molecule has 2 aromatic rings. The van der Waals surface area contributed by atoms with Gasteiger partial charge in [0.05, 0.1) is 0 Å². The monoisotopic (exact) mass is 333 g/mol. The molecular formula is C17H20ClN3O2. The van der Waals surface area contributed by atoms with Crippen molar-refractivity contribution >= 4 is 17.5 Å². The van der Waals surface area contributed by atoms with Gasteiger partial charge < -0.3 is 15.0 Å². The van der Waals surface area contributed by atoms with Crippen LogP contribution in [0.15, 0.2) is 24.3 Å². The summed E-state index contributed by atoms with van der Waals surface area (Å²) in [5.74, 6) is 0.694. The highest BCUT2D eigenvalue weighted by molar-refractivity contribution is 6.30. The maximum atomic E-state index is 12.3. The first-order chi connectivity index (χ1) is 10.9. The first-order valence-electron chi connectivity index (χ1n) is 7.59. The second-order valence-corrected chi connectivity index (χ2v) is 6.73. The van der Waals surface area contributed by atoms with E-state index in [0.29, 0.717) is 29.5 Å². The molecule has 1 aliphatic heterocycles. The molecule has 1 aliphatic rings. The van der Waals surface area contributed by atoms with E-state index in [1.807, 2.05) is 38.1 Å². The number of halogens is 1. The van der Waals surface area contributed by atoms with Gasteiger partial charge in [0.2, 0.25) is 0 Å². The summed E-state index contributed by atoms with van der Waals surface area (Å²) in [6, 6.07) is 7.74. The molecule has 23 heavy (non-hydrogen) atoms. The number of benzene rings is 1. The van der Waals surface area contributed by atoms with Crippen LogP contribution in [0.4, 0.5) is 0 Å². The van der Waals surface area contributed by atoms with E-state index in [1.54, 1.807) is 7.11 Å². The Kier molecular flexibility index (Phi) is 4.17. The normalized spacial score (nSPS) is 18.3. The third kappa shape index (κ3) is 3.12. The van der Waals surface area contributed by atoms with Crippen LogP contribution in [0.3, 0.4) is 0 Å². The van der Waals surface area contributed by atoms with E-state index >= 15 is 0 Å². The zero-order chi connectivity index (χ0) is 16.6. The van der Waals surface area contributed by atoms with Gasteiger partial charge in [-0.05, 0) is 38.0 Å². The summed E-state index contributed by atoms with van der Waals surface area (Å²) in [5.41, 5.74) is 1.88. The molecule has 0 spiro atoms. The number of methoxy groups -OCH3 is 1.